The summed E-state index contributed by atoms with van der Waals surface area (Å²) in [6.45, 7) is 2.73. The summed E-state index contributed by atoms with van der Waals surface area (Å²) in [4.78, 5) is 54.3. The molecule has 0 unspecified atom stereocenters. The fraction of sp³-hybridized carbons (Fsp3) is 0.304. The van der Waals surface area contributed by atoms with E-state index in [0.29, 0.717) is 25.3 Å². The molecule has 0 spiro atoms. The Morgan fingerprint density at radius 1 is 1.03 bits per heavy atom. The molecule has 0 bridgehead atoms. The molecule has 0 atom stereocenters. The minimum atomic E-state index is -0.717. The highest BCUT2D eigenvalue weighted by atomic mass is 19.1. The molecule has 1 aliphatic rings. The van der Waals surface area contributed by atoms with Gasteiger partial charge in [-0.1, -0.05) is 12.1 Å². The van der Waals surface area contributed by atoms with Crippen molar-refractivity contribution in [3.8, 4) is 0 Å². The number of carbonyl (C=O) groups is 2. The smallest absolute Gasteiger partial charge is 0.329 e. The van der Waals surface area contributed by atoms with Crippen LogP contribution in [0.2, 0.25) is 0 Å². The second kappa shape index (κ2) is 10.4. The number of rotatable bonds is 7. The number of halogens is 1. The van der Waals surface area contributed by atoms with Gasteiger partial charge in [-0.15, -0.1) is 0 Å². The first-order chi connectivity index (χ1) is 16.4. The van der Waals surface area contributed by atoms with E-state index >= 15 is 0 Å². The van der Waals surface area contributed by atoms with Crippen LogP contribution in [0.4, 0.5) is 15.8 Å². The fourth-order valence-electron chi connectivity index (χ4n) is 3.68. The van der Waals surface area contributed by atoms with E-state index in [2.05, 4.69) is 20.5 Å². The normalized spacial score (nSPS) is 14.1. The van der Waals surface area contributed by atoms with Crippen molar-refractivity contribution in [2.75, 3.05) is 43.5 Å². The quantitative estimate of drug-likeness (QED) is 0.476. The number of anilines is 2. The number of benzene rings is 2. The first-order valence-electron chi connectivity index (χ1n) is 10.8. The van der Waals surface area contributed by atoms with Crippen LogP contribution < -0.4 is 21.9 Å². The molecule has 4 rings (SSSR count). The number of H-pyrrole nitrogens is 1. The highest BCUT2D eigenvalue weighted by Crippen LogP contribution is 2.20. The van der Waals surface area contributed by atoms with Crippen molar-refractivity contribution in [1.29, 1.82) is 0 Å². The van der Waals surface area contributed by atoms with E-state index in [1.54, 1.807) is 24.3 Å². The van der Waals surface area contributed by atoms with Crippen LogP contribution in [0.1, 0.15) is 6.42 Å². The lowest BCUT2D eigenvalue weighted by molar-refractivity contribution is -0.117. The van der Waals surface area contributed by atoms with E-state index in [0.717, 1.165) is 23.7 Å². The minimum absolute atomic E-state index is 0.0782. The SMILES string of the molecule is O=C(Cn1c(=O)[nH]c2ccccc2c1=O)Nc1ccc(F)c(NC(=O)CCN2CCOCC2)c1. The molecule has 178 valence electrons. The second-order valence-electron chi connectivity index (χ2n) is 7.86. The molecule has 1 fully saturated rings. The van der Waals surface area contributed by atoms with Crippen LogP contribution >= 0.6 is 0 Å². The van der Waals surface area contributed by atoms with Crippen molar-refractivity contribution in [3.63, 3.8) is 0 Å². The Morgan fingerprint density at radius 2 is 1.79 bits per heavy atom. The Kier molecular flexibility index (Phi) is 7.14. The van der Waals surface area contributed by atoms with Crippen LogP contribution in [-0.4, -0.2) is 59.1 Å². The molecule has 1 saturated heterocycles. The summed E-state index contributed by atoms with van der Waals surface area (Å²) in [5.41, 5.74) is -0.805. The van der Waals surface area contributed by atoms with Crippen molar-refractivity contribution < 1.29 is 18.7 Å². The number of carbonyl (C=O) groups excluding carboxylic acids is 2. The number of ether oxygens (including phenoxy) is 1. The lowest BCUT2D eigenvalue weighted by Gasteiger charge is -2.26. The zero-order valence-electron chi connectivity index (χ0n) is 18.3. The minimum Gasteiger partial charge on any atom is -0.379 e. The van der Waals surface area contributed by atoms with Gasteiger partial charge in [0, 0.05) is 31.7 Å². The van der Waals surface area contributed by atoms with Crippen molar-refractivity contribution in [2.45, 2.75) is 13.0 Å². The lowest BCUT2D eigenvalue weighted by Crippen LogP contribution is -2.38. The maximum Gasteiger partial charge on any atom is 0.329 e. The number of fused-ring (bicyclic) bond motifs is 1. The summed E-state index contributed by atoms with van der Waals surface area (Å²) in [5, 5.41) is 5.32. The zero-order chi connectivity index (χ0) is 24.1. The molecule has 10 nitrogen and oxygen atoms in total. The molecule has 1 aromatic heterocycles. The molecule has 2 amide bonds. The average molecular weight is 469 g/mol. The van der Waals surface area contributed by atoms with Gasteiger partial charge in [-0.05, 0) is 30.3 Å². The monoisotopic (exact) mass is 469 g/mol. The van der Waals surface area contributed by atoms with Crippen LogP contribution in [0.3, 0.4) is 0 Å². The van der Waals surface area contributed by atoms with Gasteiger partial charge in [0.2, 0.25) is 11.8 Å². The topological polar surface area (TPSA) is 126 Å². The van der Waals surface area contributed by atoms with Crippen LogP contribution in [0.15, 0.2) is 52.1 Å². The van der Waals surface area contributed by atoms with E-state index in [-0.39, 0.29) is 29.1 Å². The first-order valence-corrected chi connectivity index (χ1v) is 10.8. The van der Waals surface area contributed by atoms with Crippen molar-refractivity contribution in [2.24, 2.45) is 0 Å². The number of para-hydroxylation sites is 1. The number of nitrogens with one attached hydrogen (secondary N) is 3. The van der Waals surface area contributed by atoms with Gasteiger partial charge in [-0.25, -0.2) is 9.18 Å². The summed E-state index contributed by atoms with van der Waals surface area (Å²) in [6, 6.07) is 10.2. The molecule has 11 heteroatoms. The Hall–Kier alpha value is -3.83. The molecule has 3 N–H and O–H groups in total. The zero-order valence-corrected chi connectivity index (χ0v) is 18.3. The highest BCUT2D eigenvalue weighted by Gasteiger charge is 2.15. The molecule has 34 heavy (non-hydrogen) atoms. The van der Waals surface area contributed by atoms with E-state index < -0.39 is 29.5 Å². The summed E-state index contributed by atoms with van der Waals surface area (Å²) < 4.78 is 20.3. The first kappa shape index (κ1) is 23.3. The van der Waals surface area contributed by atoms with E-state index in [1.807, 2.05) is 0 Å². The molecular weight excluding hydrogens is 445 g/mol. The van der Waals surface area contributed by atoms with Gasteiger partial charge in [0.05, 0.1) is 29.8 Å². The molecular formula is C23H24FN5O5. The highest BCUT2D eigenvalue weighted by molar-refractivity contribution is 5.94. The van der Waals surface area contributed by atoms with Gasteiger partial charge in [0.1, 0.15) is 12.4 Å². The van der Waals surface area contributed by atoms with Gasteiger partial charge >= 0.3 is 5.69 Å². The maximum atomic E-state index is 14.2. The van der Waals surface area contributed by atoms with Gasteiger partial charge in [-0.3, -0.25) is 23.9 Å². The molecule has 2 heterocycles. The van der Waals surface area contributed by atoms with Crippen molar-refractivity contribution in [1.82, 2.24) is 14.5 Å². The van der Waals surface area contributed by atoms with E-state index in [4.69, 9.17) is 4.74 Å². The Morgan fingerprint density at radius 3 is 2.59 bits per heavy atom. The summed E-state index contributed by atoms with van der Waals surface area (Å²) in [5.74, 6) is -1.66. The summed E-state index contributed by atoms with van der Waals surface area (Å²) in [7, 11) is 0. The Labute approximate surface area is 193 Å². The molecule has 2 aromatic carbocycles. The molecule has 1 aliphatic heterocycles. The van der Waals surface area contributed by atoms with Crippen LogP contribution in [-0.2, 0) is 20.9 Å². The number of hydrogen-bond acceptors (Lipinski definition) is 6. The van der Waals surface area contributed by atoms with Gasteiger partial charge in [-0.2, -0.15) is 0 Å². The van der Waals surface area contributed by atoms with Crippen molar-refractivity contribution in [3.05, 3.63) is 69.1 Å². The average Bonchev–Trinajstić information content (AvgIpc) is 2.83. The Balaban J connectivity index is 1.40. The fourth-order valence-corrected chi connectivity index (χ4v) is 3.68. The van der Waals surface area contributed by atoms with Gasteiger partial charge in [0.15, 0.2) is 0 Å². The standard InChI is InChI=1S/C23H24FN5O5/c24-17-6-5-15(13-19(17)26-20(30)7-8-28-9-11-34-12-10-28)25-21(31)14-29-22(32)16-3-1-2-4-18(16)27-23(29)33/h1-6,13H,7-12,14H2,(H,25,31)(H,26,30)(H,27,33). The van der Waals surface area contributed by atoms with E-state index in [1.165, 1.54) is 12.1 Å². The third-order valence-electron chi connectivity index (χ3n) is 5.47. The van der Waals surface area contributed by atoms with Gasteiger partial charge < -0.3 is 20.4 Å². The third-order valence-corrected chi connectivity index (χ3v) is 5.47. The number of aromatic nitrogens is 2. The number of morpholine rings is 1. The molecule has 0 saturated carbocycles. The predicted octanol–water partition coefficient (Wildman–Crippen LogP) is 1.13. The van der Waals surface area contributed by atoms with Crippen molar-refractivity contribution >= 4 is 34.1 Å². The van der Waals surface area contributed by atoms with Gasteiger partial charge in [0.25, 0.3) is 5.56 Å². The Bertz CT molecular complexity index is 1330. The second-order valence-corrected chi connectivity index (χ2v) is 7.86. The predicted molar refractivity (Wildman–Crippen MR) is 124 cm³/mol. The third kappa shape index (κ3) is 5.56. The summed E-state index contributed by atoms with van der Waals surface area (Å²) in [6.07, 6.45) is 0.184. The molecule has 3 aromatic rings. The lowest BCUT2D eigenvalue weighted by atomic mass is 10.2. The van der Waals surface area contributed by atoms with E-state index in [9.17, 15) is 23.6 Å². The molecule has 0 radical (unpaired) electrons. The van der Waals surface area contributed by atoms with Crippen LogP contribution in [0.25, 0.3) is 10.9 Å². The number of aromatic amines is 1. The number of hydrogen-bond donors (Lipinski definition) is 3. The summed E-state index contributed by atoms with van der Waals surface area (Å²) >= 11 is 0. The maximum absolute atomic E-state index is 14.2. The number of nitrogens with zero attached hydrogens (tertiary/aromatic N) is 2. The largest absolute Gasteiger partial charge is 0.379 e. The van der Waals surface area contributed by atoms with Crippen LogP contribution in [0.5, 0.6) is 0 Å². The van der Waals surface area contributed by atoms with Crippen LogP contribution in [0, 0.1) is 5.82 Å². The number of amides is 2. The molecule has 0 aliphatic carbocycles.